The van der Waals surface area contributed by atoms with Gasteiger partial charge in [0.15, 0.2) is 5.78 Å². The molecule has 2 rings (SSSR count). The molecule has 0 saturated carbocycles. The average Bonchev–Trinajstić information content (AvgIpc) is 2.45. The summed E-state index contributed by atoms with van der Waals surface area (Å²) in [7, 11) is 1.26. The van der Waals surface area contributed by atoms with Crippen LogP contribution in [0.15, 0.2) is 48.6 Å². The molecule has 2 aromatic carbocycles. The first-order valence-electron chi connectivity index (χ1n) is 5.61. The summed E-state index contributed by atoms with van der Waals surface area (Å²) in [6, 6.07) is 10.7. The van der Waals surface area contributed by atoms with Crippen molar-refractivity contribution in [2.45, 2.75) is 0 Å². The lowest BCUT2D eigenvalue weighted by Crippen LogP contribution is -1.99. The molecule has 2 aromatic rings. The van der Waals surface area contributed by atoms with Crippen LogP contribution >= 0.6 is 11.6 Å². The molecule has 0 bridgehead atoms. The molecule has 3 nitrogen and oxygen atoms in total. The van der Waals surface area contributed by atoms with Gasteiger partial charge in [-0.1, -0.05) is 35.9 Å². The van der Waals surface area contributed by atoms with E-state index >= 15 is 0 Å². The summed E-state index contributed by atoms with van der Waals surface area (Å²) in [6.07, 6.45) is 2.30. The van der Waals surface area contributed by atoms with Gasteiger partial charge in [-0.05, 0) is 23.6 Å². The Bertz CT molecular complexity index is 674. The molecule has 0 heterocycles. The molecule has 0 atom stereocenters. The lowest BCUT2D eigenvalue weighted by Gasteiger charge is -2.05. The monoisotopic (exact) mass is 274 g/mol. The van der Waals surface area contributed by atoms with E-state index in [4.69, 9.17) is 11.6 Å². The van der Waals surface area contributed by atoms with Gasteiger partial charge in [0.1, 0.15) is 0 Å². The number of esters is 1. The highest BCUT2D eigenvalue weighted by Gasteiger charge is 2.09. The molecule has 0 radical (unpaired) electrons. The van der Waals surface area contributed by atoms with Crippen molar-refractivity contribution >= 4 is 34.1 Å². The highest BCUT2D eigenvalue weighted by Crippen LogP contribution is 2.26. The standard InChI is InChI=1S/C15H11ClO3/c1-19-15(18)9-8-14(17)12-6-7-13(16)11-5-3-2-4-10(11)12/h2-9H,1H3/b9-8+. The van der Waals surface area contributed by atoms with Crippen molar-refractivity contribution in [2.75, 3.05) is 7.11 Å². The van der Waals surface area contributed by atoms with E-state index in [1.54, 1.807) is 12.1 Å². The van der Waals surface area contributed by atoms with Crippen LogP contribution in [-0.2, 0) is 9.53 Å². The maximum Gasteiger partial charge on any atom is 0.330 e. The minimum atomic E-state index is -0.563. The number of carbonyl (C=O) groups excluding carboxylic acids is 2. The van der Waals surface area contributed by atoms with E-state index in [9.17, 15) is 9.59 Å². The number of hydrogen-bond acceptors (Lipinski definition) is 3. The molecule has 0 aliphatic heterocycles. The van der Waals surface area contributed by atoms with Gasteiger partial charge in [-0.3, -0.25) is 4.79 Å². The molecule has 0 saturated heterocycles. The molecule has 19 heavy (non-hydrogen) atoms. The number of halogens is 1. The van der Waals surface area contributed by atoms with Gasteiger partial charge < -0.3 is 4.74 Å². The largest absolute Gasteiger partial charge is 0.466 e. The lowest BCUT2D eigenvalue weighted by molar-refractivity contribution is -0.134. The van der Waals surface area contributed by atoms with Crippen LogP contribution in [0.2, 0.25) is 5.02 Å². The van der Waals surface area contributed by atoms with E-state index < -0.39 is 5.97 Å². The minimum absolute atomic E-state index is 0.265. The van der Waals surface area contributed by atoms with E-state index in [0.29, 0.717) is 10.6 Å². The Morgan fingerprint density at radius 2 is 1.74 bits per heavy atom. The molecule has 96 valence electrons. The van der Waals surface area contributed by atoms with Crippen molar-refractivity contribution < 1.29 is 14.3 Å². The lowest BCUT2D eigenvalue weighted by atomic mass is 10.0. The van der Waals surface area contributed by atoms with Gasteiger partial charge in [0.2, 0.25) is 0 Å². The number of rotatable bonds is 3. The third-order valence-electron chi connectivity index (χ3n) is 2.71. The zero-order chi connectivity index (χ0) is 13.8. The van der Waals surface area contributed by atoms with Crippen molar-refractivity contribution in [3.63, 3.8) is 0 Å². The van der Waals surface area contributed by atoms with Crippen LogP contribution in [0.5, 0.6) is 0 Å². The zero-order valence-corrected chi connectivity index (χ0v) is 11.0. The quantitative estimate of drug-likeness (QED) is 0.489. The highest BCUT2D eigenvalue weighted by molar-refractivity contribution is 6.36. The summed E-state index contributed by atoms with van der Waals surface area (Å²) in [4.78, 5) is 23.0. The fourth-order valence-electron chi connectivity index (χ4n) is 1.78. The van der Waals surface area contributed by atoms with Crippen LogP contribution in [0.4, 0.5) is 0 Å². The molecule has 0 spiro atoms. The van der Waals surface area contributed by atoms with Crippen molar-refractivity contribution in [2.24, 2.45) is 0 Å². The second kappa shape index (κ2) is 5.67. The number of fused-ring (bicyclic) bond motifs is 1. The van der Waals surface area contributed by atoms with E-state index in [1.807, 2.05) is 24.3 Å². The Balaban J connectivity index is 2.46. The predicted molar refractivity (Wildman–Crippen MR) is 74.4 cm³/mol. The third kappa shape index (κ3) is 2.83. The van der Waals surface area contributed by atoms with Gasteiger partial charge in [-0.2, -0.15) is 0 Å². The van der Waals surface area contributed by atoms with Crippen LogP contribution in [-0.4, -0.2) is 18.9 Å². The van der Waals surface area contributed by atoms with E-state index in [0.717, 1.165) is 16.8 Å². The first-order chi connectivity index (χ1) is 9.13. The van der Waals surface area contributed by atoms with Crippen LogP contribution < -0.4 is 0 Å². The summed E-state index contributed by atoms with van der Waals surface area (Å²) >= 11 is 6.08. The molecule has 0 unspecified atom stereocenters. The molecular formula is C15H11ClO3. The smallest absolute Gasteiger partial charge is 0.330 e. The van der Waals surface area contributed by atoms with E-state index in [-0.39, 0.29) is 5.78 Å². The molecule has 4 heteroatoms. The number of carbonyl (C=O) groups is 2. The Morgan fingerprint density at radius 3 is 2.42 bits per heavy atom. The topological polar surface area (TPSA) is 43.4 Å². The minimum Gasteiger partial charge on any atom is -0.466 e. The molecule has 0 aliphatic rings. The van der Waals surface area contributed by atoms with Crippen molar-refractivity contribution in [3.8, 4) is 0 Å². The van der Waals surface area contributed by atoms with Crippen LogP contribution in [0.3, 0.4) is 0 Å². The third-order valence-corrected chi connectivity index (χ3v) is 3.04. The van der Waals surface area contributed by atoms with Crippen LogP contribution in [0.25, 0.3) is 10.8 Å². The normalized spacial score (nSPS) is 10.8. The molecule has 0 aromatic heterocycles. The van der Waals surface area contributed by atoms with E-state index in [2.05, 4.69) is 4.74 Å². The summed E-state index contributed by atoms with van der Waals surface area (Å²) < 4.78 is 4.44. The molecule has 0 amide bonds. The molecule has 0 N–H and O–H groups in total. The number of allylic oxidation sites excluding steroid dienone is 1. The van der Waals surface area contributed by atoms with Gasteiger partial charge >= 0.3 is 5.97 Å². The van der Waals surface area contributed by atoms with Gasteiger partial charge in [0, 0.05) is 22.0 Å². The van der Waals surface area contributed by atoms with Gasteiger partial charge in [-0.15, -0.1) is 0 Å². The summed E-state index contributed by atoms with van der Waals surface area (Å²) in [5.41, 5.74) is 0.500. The van der Waals surface area contributed by atoms with Gasteiger partial charge in [0.05, 0.1) is 7.11 Å². The molecule has 0 fully saturated rings. The Kier molecular flexibility index (Phi) is 3.97. The second-order valence-electron chi connectivity index (χ2n) is 3.86. The Morgan fingerprint density at radius 1 is 1.05 bits per heavy atom. The highest BCUT2D eigenvalue weighted by atomic mass is 35.5. The maximum absolute atomic E-state index is 12.1. The first kappa shape index (κ1) is 13.3. The fourth-order valence-corrected chi connectivity index (χ4v) is 2.01. The maximum atomic E-state index is 12.1. The second-order valence-corrected chi connectivity index (χ2v) is 4.27. The fraction of sp³-hybridized carbons (Fsp3) is 0.0667. The number of ether oxygens (including phenoxy) is 1. The summed E-state index contributed by atoms with van der Waals surface area (Å²) in [6.45, 7) is 0. The predicted octanol–water partition coefficient (Wildman–Crippen LogP) is 3.41. The number of hydrogen-bond donors (Lipinski definition) is 0. The van der Waals surface area contributed by atoms with Crippen molar-refractivity contribution in [3.05, 3.63) is 59.1 Å². The van der Waals surface area contributed by atoms with Gasteiger partial charge in [-0.25, -0.2) is 4.79 Å². The number of benzene rings is 2. The van der Waals surface area contributed by atoms with Crippen LogP contribution in [0, 0.1) is 0 Å². The first-order valence-corrected chi connectivity index (χ1v) is 5.99. The average molecular weight is 275 g/mol. The van der Waals surface area contributed by atoms with Crippen molar-refractivity contribution in [1.29, 1.82) is 0 Å². The summed E-state index contributed by atoms with van der Waals surface area (Å²) in [5, 5.41) is 2.15. The molecule has 0 aliphatic carbocycles. The SMILES string of the molecule is COC(=O)/C=C/C(=O)c1ccc(Cl)c2ccccc12. The van der Waals surface area contributed by atoms with Crippen LogP contribution in [0.1, 0.15) is 10.4 Å². The number of methoxy groups -OCH3 is 1. The van der Waals surface area contributed by atoms with Crippen molar-refractivity contribution in [1.82, 2.24) is 0 Å². The summed E-state index contributed by atoms with van der Waals surface area (Å²) in [5.74, 6) is -0.829. The Labute approximate surface area is 115 Å². The van der Waals surface area contributed by atoms with E-state index in [1.165, 1.54) is 13.2 Å². The zero-order valence-electron chi connectivity index (χ0n) is 10.2. The van der Waals surface area contributed by atoms with Gasteiger partial charge in [0.25, 0.3) is 0 Å². The number of ketones is 1. The molecular weight excluding hydrogens is 264 g/mol. The Hall–Kier alpha value is -2.13.